The molecule has 1 aromatic rings. The van der Waals surface area contributed by atoms with E-state index in [-0.39, 0.29) is 12.0 Å². The van der Waals surface area contributed by atoms with Crippen molar-refractivity contribution in [3.05, 3.63) is 28.2 Å². The van der Waals surface area contributed by atoms with E-state index in [0.717, 1.165) is 10.0 Å². The fraction of sp³-hybridized carbons (Fsp3) is 0.462. The molecular weight excluding hydrogens is 298 g/mol. The van der Waals surface area contributed by atoms with Crippen molar-refractivity contribution in [2.24, 2.45) is 5.73 Å². The van der Waals surface area contributed by atoms with Crippen LogP contribution in [0.1, 0.15) is 32.4 Å². The van der Waals surface area contributed by atoms with E-state index < -0.39 is 6.10 Å². The van der Waals surface area contributed by atoms with Crippen molar-refractivity contribution in [2.45, 2.75) is 32.9 Å². The summed E-state index contributed by atoms with van der Waals surface area (Å²) >= 11 is 3.38. The molecule has 1 rings (SSSR count). The zero-order valence-electron chi connectivity index (χ0n) is 10.8. The van der Waals surface area contributed by atoms with Crippen molar-refractivity contribution < 1.29 is 14.3 Å². The summed E-state index contributed by atoms with van der Waals surface area (Å²) in [7, 11) is 0. The van der Waals surface area contributed by atoms with E-state index in [1.54, 1.807) is 19.9 Å². The predicted molar refractivity (Wildman–Crippen MR) is 73.5 cm³/mol. The lowest BCUT2D eigenvalue weighted by Crippen LogP contribution is -2.26. The molecule has 0 amide bonds. The lowest BCUT2D eigenvalue weighted by Gasteiger charge is -2.18. The Balaban J connectivity index is 2.87. The van der Waals surface area contributed by atoms with Crippen molar-refractivity contribution >= 4 is 21.9 Å². The number of nitrogens with two attached hydrogens (primary N) is 1. The normalized spacial score (nSPS) is 13.8. The highest BCUT2D eigenvalue weighted by molar-refractivity contribution is 9.10. The maximum Gasteiger partial charge on any atom is 0.347 e. The Kier molecular flexibility index (Phi) is 5.62. The van der Waals surface area contributed by atoms with Crippen molar-refractivity contribution in [3.8, 4) is 5.75 Å². The molecule has 0 aromatic heterocycles. The average molecular weight is 316 g/mol. The van der Waals surface area contributed by atoms with Crippen LogP contribution < -0.4 is 10.5 Å². The summed E-state index contributed by atoms with van der Waals surface area (Å²) in [4.78, 5) is 11.5. The molecule has 0 saturated carbocycles. The van der Waals surface area contributed by atoms with Gasteiger partial charge in [0.25, 0.3) is 0 Å². The predicted octanol–water partition coefficient (Wildman–Crippen LogP) is 2.80. The molecule has 0 saturated heterocycles. The molecule has 4 nitrogen and oxygen atoms in total. The number of rotatable bonds is 5. The fourth-order valence-electron chi connectivity index (χ4n) is 1.48. The van der Waals surface area contributed by atoms with E-state index >= 15 is 0 Å². The first-order valence-electron chi connectivity index (χ1n) is 5.84. The Morgan fingerprint density at radius 1 is 1.44 bits per heavy atom. The Labute approximate surface area is 116 Å². The largest absolute Gasteiger partial charge is 0.479 e. The van der Waals surface area contributed by atoms with Crippen molar-refractivity contribution in [3.63, 3.8) is 0 Å². The Bertz CT molecular complexity index is 421. The maximum atomic E-state index is 11.5. The summed E-state index contributed by atoms with van der Waals surface area (Å²) in [5.41, 5.74) is 6.72. The molecule has 0 heterocycles. The number of ether oxygens (including phenoxy) is 2. The third-order valence-electron chi connectivity index (χ3n) is 2.38. The van der Waals surface area contributed by atoms with Crippen LogP contribution in [0.3, 0.4) is 0 Å². The number of halogens is 1. The van der Waals surface area contributed by atoms with Crippen LogP contribution in [0.5, 0.6) is 5.75 Å². The molecule has 5 heteroatoms. The van der Waals surface area contributed by atoms with E-state index in [1.165, 1.54) is 0 Å². The number of esters is 1. The number of benzene rings is 1. The molecule has 0 aliphatic rings. The molecular formula is C13H18BrNO3. The van der Waals surface area contributed by atoms with Gasteiger partial charge in [-0.25, -0.2) is 4.79 Å². The number of carbonyl (C=O) groups excluding carboxylic acids is 1. The third-order valence-corrected chi connectivity index (χ3v) is 2.88. The van der Waals surface area contributed by atoms with Gasteiger partial charge in [-0.15, -0.1) is 0 Å². The second-order valence-corrected chi connectivity index (χ2v) is 4.90. The minimum Gasteiger partial charge on any atom is -0.479 e. The van der Waals surface area contributed by atoms with Gasteiger partial charge in [0, 0.05) is 16.1 Å². The first-order valence-corrected chi connectivity index (χ1v) is 6.63. The van der Waals surface area contributed by atoms with Gasteiger partial charge >= 0.3 is 5.97 Å². The van der Waals surface area contributed by atoms with Crippen LogP contribution in [0.15, 0.2) is 22.7 Å². The minimum atomic E-state index is -0.649. The van der Waals surface area contributed by atoms with Gasteiger partial charge in [-0.05, 0) is 39.0 Å². The monoisotopic (exact) mass is 315 g/mol. The van der Waals surface area contributed by atoms with Crippen LogP contribution in [0.4, 0.5) is 0 Å². The van der Waals surface area contributed by atoms with Crippen LogP contribution in [-0.4, -0.2) is 18.7 Å². The average Bonchev–Trinajstić information content (AvgIpc) is 2.31. The molecule has 1 aromatic carbocycles. The highest BCUT2D eigenvalue weighted by Gasteiger charge is 2.18. The second kappa shape index (κ2) is 6.75. The van der Waals surface area contributed by atoms with E-state index in [1.807, 2.05) is 19.1 Å². The van der Waals surface area contributed by atoms with Gasteiger partial charge in [-0.1, -0.05) is 15.9 Å². The van der Waals surface area contributed by atoms with Crippen molar-refractivity contribution in [1.82, 2.24) is 0 Å². The summed E-state index contributed by atoms with van der Waals surface area (Å²) in [6.45, 7) is 5.62. The SMILES string of the molecule is CCOC(=O)C(C)Oc1ccc(Br)cc1[C@H](C)N. The lowest BCUT2D eigenvalue weighted by molar-refractivity contribution is -0.150. The van der Waals surface area contributed by atoms with E-state index in [9.17, 15) is 4.79 Å². The maximum absolute atomic E-state index is 11.5. The standard InChI is InChI=1S/C13H18BrNO3/c1-4-17-13(16)9(3)18-12-6-5-10(14)7-11(12)8(2)15/h5-9H,4,15H2,1-3H3/t8-,9?/m0/s1. The molecule has 1 unspecified atom stereocenters. The quantitative estimate of drug-likeness (QED) is 0.849. The van der Waals surface area contributed by atoms with Gasteiger partial charge in [0.15, 0.2) is 6.10 Å². The molecule has 0 aliphatic carbocycles. The van der Waals surface area contributed by atoms with Gasteiger partial charge in [-0.2, -0.15) is 0 Å². The van der Waals surface area contributed by atoms with E-state index in [0.29, 0.717) is 12.4 Å². The van der Waals surface area contributed by atoms with Crippen LogP contribution in [0.2, 0.25) is 0 Å². The summed E-state index contributed by atoms with van der Waals surface area (Å²) in [6.07, 6.45) is -0.649. The Hall–Kier alpha value is -1.07. The van der Waals surface area contributed by atoms with Gasteiger partial charge in [-0.3, -0.25) is 0 Å². The van der Waals surface area contributed by atoms with Gasteiger partial charge in [0.1, 0.15) is 5.75 Å². The number of hydrogen-bond donors (Lipinski definition) is 1. The van der Waals surface area contributed by atoms with Gasteiger partial charge in [0.2, 0.25) is 0 Å². The zero-order chi connectivity index (χ0) is 13.7. The lowest BCUT2D eigenvalue weighted by atomic mass is 10.1. The van der Waals surface area contributed by atoms with Crippen LogP contribution >= 0.6 is 15.9 Å². The fourth-order valence-corrected chi connectivity index (χ4v) is 1.86. The van der Waals surface area contributed by atoms with E-state index in [4.69, 9.17) is 15.2 Å². The van der Waals surface area contributed by atoms with Crippen molar-refractivity contribution in [2.75, 3.05) is 6.61 Å². The number of hydrogen-bond acceptors (Lipinski definition) is 4. The first-order chi connectivity index (χ1) is 8.45. The van der Waals surface area contributed by atoms with Gasteiger partial charge in [0.05, 0.1) is 6.61 Å². The molecule has 2 atom stereocenters. The zero-order valence-corrected chi connectivity index (χ0v) is 12.4. The Morgan fingerprint density at radius 3 is 2.67 bits per heavy atom. The molecule has 0 spiro atoms. The smallest absolute Gasteiger partial charge is 0.347 e. The first kappa shape index (κ1) is 15.0. The Morgan fingerprint density at radius 2 is 2.11 bits per heavy atom. The minimum absolute atomic E-state index is 0.174. The number of carbonyl (C=O) groups is 1. The summed E-state index contributed by atoms with van der Waals surface area (Å²) in [6, 6.07) is 5.35. The molecule has 0 aliphatic heterocycles. The van der Waals surface area contributed by atoms with Crippen LogP contribution in [-0.2, 0) is 9.53 Å². The summed E-state index contributed by atoms with van der Waals surface area (Å²) < 4.78 is 11.4. The van der Waals surface area contributed by atoms with Gasteiger partial charge < -0.3 is 15.2 Å². The summed E-state index contributed by atoms with van der Waals surface area (Å²) in [5.74, 6) is 0.227. The summed E-state index contributed by atoms with van der Waals surface area (Å²) in [5, 5.41) is 0. The van der Waals surface area contributed by atoms with Crippen molar-refractivity contribution in [1.29, 1.82) is 0 Å². The highest BCUT2D eigenvalue weighted by Crippen LogP contribution is 2.28. The topological polar surface area (TPSA) is 61.5 Å². The molecule has 100 valence electrons. The molecule has 0 bridgehead atoms. The highest BCUT2D eigenvalue weighted by atomic mass is 79.9. The molecule has 0 fully saturated rings. The molecule has 2 N–H and O–H groups in total. The third kappa shape index (κ3) is 3.99. The second-order valence-electron chi connectivity index (χ2n) is 3.98. The van der Waals surface area contributed by atoms with Crippen LogP contribution in [0.25, 0.3) is 0 Å². The van der Waals surface area contributed by atoms with E-state index in [2.05, 4.69) is 15.9 Å². The molecule has 18 heavy (non-hydrogen) atoms. The molecule has 0 radical (unpaired) electrons. The van der Waals surface area contributed by atoms with Crippen LogP contribution in [0, 0.1) is 0 Å².